The first-order valence-corrected chi connectivity index (χ1v) is 8.13. The second kappa shape index (κ2) is 6.71. The van der Waals surface area contributed by atoms with Crippen LogP contribution in [0.5, 0.6) is 0 Å². The topological polar surface area (TPSA) is 120 Å². The summed E-state index contributed by atoms with van der Waals surface area (Å²) in [6, 6.07) is 13.6. The van der Waals surface area contributed by atoms with Gasteiger partial charge in [-0.1, -0.05) is 48.2 Å². The molecule has 0 spiro atoms. The highest BCUT2D eigenvalue weighted by molar-refractivity contribution is 8.00. The molecule has 0 bridgehead atoms. The quantitative estimate of drug-likeness (QED) is 0.623. The molecule has 2 aromatic carbocycles. The number of aromatic nitrogens is 3. The van der Waals surface area contributed by atoms with E-state index >= 15 is 0 Å². The number of carbonyl (C=O) groups excluding carboxylic acids is 1. The zero-order valence-corrected chi connectivity index (χ0v) is 13.7. The Morgan fingerprint density at radius 3 is 2.46 bits per heavy atom. The summed E-state index contributed by atoms with van der Waals surface area (Å²) in [5, 5.41) is 4.88. The van der Waals surface area contributed by atoms with E-state index in [9.17, 15) is 4.79 Å². The van der Waals surface area contributed by atoms with Gasteiger partial charge in [-0.2, -0.15) is 15.0 Å². The third kappa shape index (κ3) is 3.54. The van der Waals surface area contributed by atoms with Crippen LogP contribution in [0.15, 0.2) is 47.6 Å². The van der Waals surface area contributed by atoms with Crippen molar-refractivity contribution in [2.45, 2.75) is 17.3 Å². The number of fused-ring (bicyclic) bond motifs is 1. The molecule has 1 amide bonds. The minimum Gasteiger partial charge on any atom is -0.368 e. The summed E-state index contributed by atoms with van der Waals surface area (Å²) in [4.78, 5) is 24.1. The standard InChI is InChI=1S/C16H16N6OS/c1-9(24-16-21-14(17)20-15(18)22-16)13(23)19-12-8-4-6-10-5-2-3-7-11(10)12/h2-9H,1H3,(H,19,23)(H4,17,18,20,21,22). The molecule has 0 aliphatic heterocycles. The van der Waals surface area contributed by atoms with Crippen LogP contribution in [0.1, 0.15) is 6.92 Å². The lowest BCUT2D eigenvalue weighted by Crippen LogP contribution is -2.23. The van der Waals surface area contributed by atoms with Crippen LogP contribution in [-0.4, -0.2) is 26.1 Å². The lowest BCUT2D eigenvalue weighted by molar-refractivity contribution is -0.115. The number of benzene rings is 2. The van der Waals surface area contributed by atoms with E-state index in [4.69, 9.17) is 11.5 Å². The van der Waals surface area contributed by atoms with E-state index in [0.29, 0.717) is 5.16 Å². The van der Waals surface area contributed by atoms with Crippen LogP contribution in [-0.2, 0) is 4.79 Å². The Hall–Kier alpha value is -2.87. The fourth-order valence-corrected chi connectivity index (χ4v) is 3.00. The van der Waals surface area contributed by atoms with Crippen molar-refractivity contribution in [2.75, 3.05) is 16.8 Å². The largest absolute Gasteiger partial charge is 0.368 e. The van der Waals surface area contributed by atoms with Gasteiger partial charge in [-0.25, -0.2) is 0 Å². The Morgan fingerprint density at radius 2 is 1.71 bits per heavy atom. The monoisotopic (exact) mass is 340 g/mol. The van der Waals surface area contributed by atoms with Gasteiger partial charge in [-0.3, -0.25) is 4.79 Å². The molecule has 0 aliphatic rings. The number of nitrogens with zero attached hydrogens (tertiary/aromatic N) is 3. The number of hydrogen-bond acceptors (Lipinski definition) is 7. The Bertz CT molecular complexity index is 875. The smallest absolute Gasteiger partial charge is 0.237 e. The molecule has 1 atom stereocenters. The van der Waals surface area contributed by atoms with E-state index in [2.05, 4.69) is 20.3 Å². The second-order valence-corrected chi connectivity index (χ2v) is 6.42. The van der Waals surface area contributed by atoms with Crippen molar-refractivity contribution in [1.29, 1.82) is 0 Å². The van der Waals surface area contributed by atoms with Crippen molar-refractivity contribution >= 4 is 46.0 Å². The van der Waals surface area contributed by atoms with Gasteiger partial charge in [-0.15, -0.1) is 0 Å². The summed E-state index contributed by atoms with van der Waals surface area (Å²) < 4.78 is 0. The number of rotatable bonds is 4. The van der Waals surface area contributed by atoms with E-state index in [-0.39, 0.29) is 17.8 Å². The highest BCUT2D eigenvalue weighted by atomic mass is 32.2. The third-order valence-corrected chi connectivity index (χ3v) is 4.31. The first kappa shape index (κ1) is 16.0. The average Bonchev–Trinajstić information content (AvgIpc) is 2.54. The van der Waals surface area contributed by atoms with Gasteiger partial charge in [0.15, 0.2) is 5.16 Å². The van der Waals surface area contributed by atoms with Gasteiger partial charge in [0.1, 0.15) is 0 Å². The predicted octanol–water partition coefficient (Wildman–Crippen LogP) is 2.31. The van der Waals surface area contributed by atoms with Gasteiger partial charge in [-0.05, 0) is 18.4 Å². The average molecular weight is 340 g/mol. The molecule has 0 aliphatic carbocycles. The van der Waals surface area contributed by atoms with Crippen LogP contribution in [0.2, 0.25) is 0 Å². The zero-order valence-electron chi connectivity index (χ0n) is 12.9. The van der Waals surface area contributed by atoms with Gasteiger partial charge in [0.2, 0.25) is 17.8 Å². The molecule has 3 aromatic rings. The van der Waals surface area contributed by atoms with Crippen molar-refractivity contribution in [3.05, 3.63) is 42.5 Å². The number of carbonyl (C=O) groups is 1. The number of anilines is 3. The van der Waals surface area contributed by atoms with Crippen molar-refractivity contribution in [1.82, 2.24) is 15.0 Å². The summed E-state index contributed by atoms with van der Waals surface area (Å²) in [6.07, 6.45) is 0. The maximum absolute atomic E-state index is 12.5. The molecule has 7 nitrogen and oxygen atoms in total. The van der Waals surface area contributed by atoms with Crippen molar-refractivity contribution < 1.29 is 4.79 Å². The van der Waals surface area contributed by atoms with E-state index in [1.54, 1.807) is 6.92 Å². The van der Waals surface area contributed by atoms with Gasteiger partial charge in [0.25, 0.3) is 0 Å². The lowest BCUT2D eigenvalue weighted by atomic mass is 10.1. The summed E-state index contributed by atoms with van der Waals surface area (Å²) in [5.74, 6) is -0.0905. The Labute approximate surface area is 142 Å². The van der Waals surface area contributed by atoms with Gasteiger partial charge in [0, 0.05) is 11.1 Å². The highest BCUT2D eigenvalue weighted by Gasteiger charge is 2.17. The maximum Gasteiger partial charge on any atom is 0.237 e. The Morgan fingerprint density at radius 1 is 1.04 bits per heavy atom. The molecule has 0 saturated heterocycles. The Kier molecular flexibility index (Phi) is 4.48. The van der Waals surface area contributed by atoms with Crippen LogP contribution in [0.4, 0.5) is 17.6 Å². The van der Waals surface area contributed by atoms with Crippen LogP contribution >= 0.6 is 11.8 Å². The summed E-state index contributed by atoms with van der Waals surface area (Å²) >= 11 is 1.17. The molecule has 1 heterocycles. The first-order valence-electron chi connectivity index (χ1n) is 7.25. The SMILES string of the molecule is CC(Sc1nc(N)nc(N)n1)C(=O)Nc1cccc2ccccc12. The van der Waals surface area contributed by atoms with E-state index in [0.717, 1.165) is 16.5 Å². The fraction of sp³-hybridized carbons (Fsp3) is 0.125. The molecule has 0 radical (unpaired) electrons. The molecule has 8 heteroatoms. The van der Waals surface area contributed by atoms with E-state index in [1.165, 1.54) is 11.8 Å². The summed E-state index contributed by atoms with van der Waals surface area (Å²) in [5.41, 5.74) is 11.8. The minimum absolute atomic E-state index is 0.0339. The van der Waals surface area contributed by atoms with Crippen molar-refractivity contribution in [3.8, 4) is 0 Å². The van der Waals surface area contributed by atoms with Crippen LogP contribution in [0.3, 0.4) is 0 Å². The van der Waals surface area contributed by atoms with E-state index < -0.39 is 5.25 Å². The normalized spacial score (nSPS) is 12.0. The molecule has 0 saturated carbocycles. The zero-order chi connectivity index (χ0) is 17.1. The predicted molar refractivity (Wildman–Crippen MR) is 96.5 cm³/mol. The molecule has 24 heavy (non-hydrogen) atoms. The number of hydrogen-bond donors (Lipinski definition) is 3. The van der Waals surface area contributed by atoms with Gasteiger partial charge in [0.05, 0.1) is 5.25 Å². The molecular formula is C16H16N6OS. The molecule has 5 N–H and O–H groups in total. The van der Waals surface area contributed by atoms with Gasteiger partial charge >= 0.3 is 0 Å². The lowest BCUT2D eigenvalue weighted by Gasteiger charge is -2.13. The highest BCUT2D eigenvalue weighted by Crippen LogP contribution is 2.25. The molecular weight excluding hydrogens is 324 g/mol. The van der Waals surface area contributed by atoms with E-state index in [1.807, 2.05) is 42.5 Å². The fourth-order valence-electron chi connectivity index (χ4n) is 2.22. The third-order valence-electron chi connectivity index (χ3n) is 3.35. The maximum atomic E-state index is 12.5. The number of thioether (sulfide) groups is 1. The first-order chi connectivity index (χ1) is 11.5. The minimum atomic E-state index is -0.426. The summed E-state index contributed by atoms with van der Waals surface area (Å²) in [7, 11) is 0. The molecule has 3 rings (SSSR count). The van der Waals surface area contributed by atoms with Crippen molar-refractivity contribution in [2.24, 2.45) is 0 Å². The molecule has 122 valence electrons. The molecule has 1 unspecified atom stereocenters. The number of nitrogens with two attached hydrogens (primary N) is 2. The molecule has 0 fully saturated rings. The summed E-state index contributed by atoms with van der Waals surface area (Å²) in [6.45, 7) is 1.77. The Balaban J connectivity index is 1.76. The number of nitrogens with one attached hydrogen (secondary N) is 1. The van der Waals surface area contributed by atoms with Crippen LogP contribution in [0, 0.1) is 0 Å². The van der Waals surface area contributed by atoms with Crippen LogP contribution in [0.25, 0.3) is 10.8 Å². The van der Waals surface area contributed by atoms with Gasteiger partial charge < -0.3 is 16.8 Å². The number of nitrogen functional groups attached to an aromatic ring is 2. The molecule has 1 aromatic heterocycles. The van der Waals surface area contributed by atoms with Crippen molar-refractivity contribution in [3.63, 3.8) is 0 Å². The van der Waals surface area contributed by atoms with Crippen LogP contribution < -0.4 is 16.8 Å². The number of amides is 1. The second-order valence-electron chi connectivity index (χ2n) is 5.11.